The Morgan fingerprint density at radius 1 is 1.38 bits per heavy atom. The van der Waals surface area contributed by atoms with Crippen molar-refractivity contribution in [2.75, 3.05) is 20.8 Å². The molecule has 0 fully saturated rings. The molecular formula is C5H11O3. The zero-order valence-electron chi connectivity index (χ0n) is 5.22. The Morgan fingerprint density at radius 3 is 2.00 bits per heavy atom. The maximum absolute atomic E-state index is 4.78. The van der Waals surface area contributed by atoms with E-state index in [1.165, 1.54) is 14.2 Å². The van der Waals surface area contributed by atoms with Gasteiger partial charge in [0.2, 0.25) is 0 Å². The highest BCUT2D eigenvalue weighted by molar-refractivity contribution is 4.27. The summed E-state index contributed by atoms with van der Waals surface area (Å²) in [6, 6.07) is 0. The SMILES string of the molecule is [CH2]COC(OC)OC. The van der Waals surface area contributed by atoms with Crippen LogP contribution in [0, 0.1) is 6.92 Å². The summed E-state index contributed by atoms with van der Waals surface area (Å²) in [7, 11) is 3.01. The van der Waals surface area contributed by atoms with Crippen LogP contribution >= 0.6 is 0 Å². The zero-order chi connectivity index (χ0) is 6.41. The first kappa shape index (κ1) is 7.88. The first-order valence-corrected chi connectivity index (χ1v) is 2.31. The summed E-state index contributed by atoms with van der Waals surface area (Å²) in [5, 5.41) is 0. The van der Waals surface area contributed by atoms with Crippen molar-refractivity contribution in [3.63, 3.8) is 0 Å². The minimum absolute atomic E-state index is 0.354. The van der Waals surface area contributed by atoms with Crippen LogP contribution in [0.5, 0.6) is 0 Å². The Hall–Kier alpha value is -0.120. The maximum atomic E-state index is 4.78. The molecule has 49 valence electrons. The van der Waals surface area contributed by atoms with Gasteiger partial charge in [0.15, 0.2) is 0 Å². The summed E-state index contributed by atoms with van der Waals surface area (Å²) in [4.78, 5) is 0. The molecule has 3 nitrogen and oxygen atoms in total. The molecule has 0 heterocycles. The highest BCUT2D eigenvalue weighted by Crippen LogP contribution is 1.90. The summed E-state index contributed by atoms with van der Waals surface area (Å²) >= 11 is 0. The van der Waals surface area contributed by atoms with E-state index in [-0.39, 0.29) is 0 Å². The smallest absolute Gasteiger partial charge is 0.271 e. The highest BCUT2D eigenvalue weighted by atomic mass is 16.8. The van der Waals surface area contributed by atoms with Gasteiger partial charge in [-0.3, -0.25) is 0 Å². The van der Waals surface area contributed by atoms with E-state index in [1.54, 1.807) is 0 Å². The summed E-state index contributed by atoms with van der Waals surface area (Å²) in [5.74, 6) is 0. The van der Waals surface area contributed by atoms with E-state index in [1.807, 2.05) is 0 Å². The molecule has 0 aromatic carbocycles. The predicted octanol–water partition coefficient (Wildman–Crippen LogP) is 0.413. The molecule has 0 saturated heterocycles. The molecule has 0 aromatic heterocycles. The molecule has 0 spiro atoms. The van der Waals surface area contributed by atoms with Gasteiger partial charge in [-0.1, -0.05) is 0 Å². The van der Waals surface area contributed by atoms with Crippen molar-refractivity contribution in [3.8, 4) is 0 Å². The molecule has 3 heteroatoms. The van der Waals surface area contributed by atoms with Crippen LogP contribution < -0.4 is 0 Å². The van der Waals surface area contributed by atoms with E-state index in [2.05, 4.69) is 16.4 Å². The van der Waals surface area contributed by atoms with Gasteiger partial charge in [0.05, 0.1) is 6.61 Å². The van der Waals surface area contributed by atoms with E-state index in [0.29, 0.717) is 6.61 Å². The van der Waals surface area contributed by atoms with Gasteiger partial charge in [0, 0.05) is 14.2 Å². The molecule has 0 aliphatic carbocycles. The fourth-order valence-corrected chi connectivity index (χ4v) is 0.329. The quantitative estimate of drug-likeness (QED) is 0.502. The van der Waals surface area contributed by atoms with Crippen LogP contribution in [0.25, 0.3) is 0 Å². The molecule has 0 saturated carbocycles. The molecule has 0 aliphatic rings. The molecule has 0 atom stereocenters. The average molecular weight is 119 g/mol. The van der Waals surface area contributed by atoms with Gasteiger partial charge in [-0.25, -0.2) is 0 Å². The minimum Gasteiger partial charge on any atom is -0.333 e. The second-order valence-electron chi connectivity index (χ2n) is 1.13. The van der Waals surface area contributed by atoms with Crippen molar-refractivity contribution in [2.45, 2.75) is 6.48 Å². The predicted molar refractivity (Wildman–Crippen MR) is 29.1 cm³/mol. The van der Waals surface area contributed by atoms with Gasteiger partial charge in [0.25, 0.3) is 6.48 Å². The van der Waals surface area contributed by atoms with Gasteiger partial charge in [-0.15, -0.1) is 0 Å². The fourth-order valence-electron chi connectivity index (χ4n) is 0.329. The zero-order valence-corrected chi connectivity index (χ0v) is 5.22. The Bertz CT molecular complexity index is 42.9. The topological polar surface area (TPSA) is 27.7 Å². The van der Waals surface area contributed by atoms with Crippen molar-refractivity contribution < 1.29 is 14.2 Å². The van der Waals surface area contributed by atoms with E-state index < -0.39 is 6.48 Å². The Balaban J connectivity index is 3.07. The third-order valence-electron chi connectivity index (χ3n) is 0.639. The Morgan fingerprint density at radius 2 is 1.88 bits per heavy atom. The lowest BCUT2D eigenvalue weighted by Crippen LogP contribution is -2.16. The largest absolute Gasteiger partial charge is 0.333 e. The lowest BCUT2D eigenvalue weighted by atomic mass is 10.9. The minimum atomic E-state index is -0.563. The molecule has 0 bridgehead atoms. The number of ether oxygens (including phenoxy) is 3. The molecular weight excluding hydrogens is 108 g/mol. The molecule has 0 N–H and O–H groups in total. The summed E-state index contributed by atoms with van der Waals surface area (Å²) in [6.07, 6.45) is 0. The van der Waals surface area contributed by atoms with Gasteiger partial charge in [-0.05, 0) is 6.92 Å². The molecule has 8 heavy (non-hydrogen) atoms. The van der Waals surface area contributed by atoms with Crippen molar-refractivity contribution in [1.82, 2.24) is 0 Å². The number of methoxy groups -OCH3 is 2. The molecule has 1 radical (unpaired) electrons. The Labute approximate surface area is 49.5 Å². The second-order valence-corrected chi connectivity index (χ2v) is 1.13. The standard InChI is InChI=1S/C5H11O3/c1-4-8-5(6-2)7-3/h5H,1,4H2,2-3H3. The third kappa shape index (κ3) is 2.96. The molecule has 0 aromatic rings. The van der Waals surface area contributed by atoms with Crippen LogP contribution in [0.2, 0.25) is 0 Å². The van der Waals surface area contributed by atoms with Gasteiger partial charge in [-0.2, -0.15) is 0 Å². The molecule has 0 aliphatic heterocycles. The maximum Gasteiger partial charge on any atom is 0.271 e. The summed E-state index contributed by atoms with van der Waals surface area (Å²) in [6.45, 7) is 3.23. The van der Waals surface area contributed by atoms with Crippen LogP contribution in [0.3, 0.4) is 0 Å². The van der Waals surface area contributed by atoms with E-state index >= 15 is 0 Å². The fraction of sp³-hybridized carbons (Fsp3) is 0.800. The summed E-state index contributed by atoms with van der Waals surface area (Å²) in [5.41, 5.74) is 0. The number of rotatable bonds is 4. The van der Waals surface area contributed by atoms with Crippen LogP contribution in [0.4, 0.5) is 0 Å². The number of hydrogen-bond donors (Lipinski definition) is 0. The van der Waals surface area contributed by atoms with E-state index in [9.17, 15) is 0 Å². The normalized spacial score (nSPS) is 10.5. The van der Waals surface area contributed by atoms with Crippen molar-refractivity contribution >= 4 is 0 Å². The van der Waals surface area contributed by atoms with Gasteiger partial charge in [0.1, 0.15) is 0 Å². The van der Waals surface area contributed by atoms with E-state index in [0.717, 1.165) is 0 Å². The van der Waals surface area contributed by atoms with E-state index in [4.69, 9.17) is 4.74 Å². The van der Waals surface area contributed by atoms with Gasteiger partial charge >= 0.3 is 0 Å². The highest BCUT2D eigenvalue weighted by Gasteiger charge is 1.99. The van der Waals surface area contributed by atoms with Crippen LogP contribution in [0.1, 0.15) is 0 Å². The van der Waals surface area contributed by atoms with Crippen LogP contribution in [-0.2, 0) is 14.2 Å². The van der Waals surface area contributed by atoms with Crippen molar-refractivity contribution in [1.29, 1.82) is 0 Å². The van der Waals surface area contributed by atoms with Crippen LogP contribution in [-0.4, -0.2) is 27.3 Å². The molecule has 0 amide bonds. The third-order valence-corrected chi connectivity index (χ3v) is 0.639. The first-order chi connectivity index (χ1) is 3.85. The second kappa shape index (κ2) is 5.03. The van der Waals surface area contributed by atoms with Gasteiger partial charge < -0.3 is 14.2 Å². The average Bonchev–Trinajstić information content (AvgIpc) is 1.83. The molecule has 0 rings (SSSR count). The van der Waals surface area contributed by atoms with Crippen LogP contribution in [0.15, 0.2) is 0 Å². The lowest BCUT2D eigenvalue weighted by molar-refractivity contribution is -0.260. The monoisotopic (exact) mass is 119 g/mol. The number of hydrogen-bond acceptors (Lipinski definition) is 3. The summed E-state index contributed by atoms with van der Waals surface area (Å²) < 4.78 is 14.1. The van der Waals surface area contributed by atoms with Crippen molar-refractivity contribution in [2.24, 2.45) is 0 Å². The lowest BCUT2D eigenvalue weighted by Gasteiger charge is -2.11. The van der Waals surface area contributed by atoms with Crippen molar-refractivity contribution in [3.05, 3.63) is 6.92 Å². The molecule has 0 unspecified atom stereocenters. The first-order valence-electron chi connectivity index (χ1n) is 2.31. The Kier molecular flexibility index (Phi) is 4.95.